The van der Waals surface area contributed by atoms with Gasteiger partial charge in [-0.25, -0.2) is 0 Å². The standard InChI is InChI=1S/C14H23O5P/c1-3-5-9-18-12-7-8-14(20(15,16)17)13(11-12)19-10-6-4-2/h7-8,11H,3-6,9-10H2,1-2H3,(H2,15,16,17). The average molecular weight is 302 g/mol. The zero-order valence-corrected chi connectivity index (χ0v) is 12.9. The smallest absolute Gasteiger partial charge is 0.359 e. The molecule has 1 rings (SSSR count). The lowest BCUT2D eigenvalue weighted by atomic mass is 10.3. The lowest BCUT2D eigenvalue weighted by Gasteiger charge is -2.14. The maximum Gasteiger partial charge on any atom is 0.359 e. The fraction of sp³-hybridized carbons (Fsp3) is 0.571. The zero-order valence-electron chi connectivity index (χ0n) is 12.0. The Hall–Kier alpha value is -1.03. The fourth-order valence-corrected chi connectivity index (χ4v) is 2.29. The number of benzene rings is 1. The van der Waals surface area contributed by atoms with Crippen molar-refractivity contribution in [2.75, 3.05) is 13.2 Å². The molecule has 2 N–H and O–H groups in total. The van der Waals surface area contributed by atoms with E-state index in [0.717, 1.165) is 25.7 Å². The summed E-state index contributed by atoms with van der Waals surface area (Å²) in [4.78, 5) is 18.6. The van der Waals surface area contributed by atoms with E-state index in [1.807, 2.05) is 6.92 Å². The van der Waals surface area contributed by atoms with E-state index >= 15 is 0 Å². The summed E-state index contributed by atoms with van der Waals surface area (Å²) in [5, 5.41) is -0.0866. The Balaban J connectivity index is 2.87. The quantitative estimate of drug-likeness (QED) is 0.542. The third kappa shape index (κ3) is 5.53. The van der Waals surface area contributed by atoms with Gasteiger partial charge in [0.15, 0.2) is 0 Å². The van der Waals surface area contributed by atoms with Crippen LogP contribution >= 0.6 is 7.60 Å². The molecule has 6 heteroatoms. The van der Waals surface area contributed by atoms with Crippen molar-refractivity contribution >= 4 is 12.9 Å². The summed E-state index contributed by atoms with van der Waals surface area (Å²) in [6, 6.07) is 4.50. The van der Waals surface area contributed by atoms with E-state index in [0.29, 0.717) is 19.0 Å². The molecule has 0 heterocycles. The molecule has 0 bridgehead atoms. The molecule has 0 saturated carbocycles. The lowest BCUT2D eigenvalue weighted by molar-refractivity contribution is 0.294. The van der Waals surface area contributed by atoms with Crippen molar-refractivity contribution < 1.29 is 23.8 Å². The molecule has 0 unspecified atom stereocenters. The molecule has 20 heavy (non-hydrogen) atoms. The molecule has 0 aliphatic heterocycles. The van der Waals surface area contributed by atoms with Gasteiger partial charge in [-0.3, -0.25) is 4.57 Å². The average Bonchev–Trinajstić information content (AvgIpc) is 2.38. The monoisotopic (exact) mass is 302 g/mol. The van der Waals surface area contributed by atoms with Gasteiger partial charge in [-0.05, 0) is 25.0 Å². The maximum atomic E-state index is 11.4. The first-order chi connectivity index (χ1) is 9.49. The van der Waals surface area contributed by atoms with Gasteiger partial charge in [-0.1, -0.05) is 26.7 Å². The Kier molecular flexibility index (Phi) is 7.06. The van der Waals surface area contributed by atoms with Gasteiger partial charge in [0.1, 0.15) is 16.8 Å². The Labute approximate surface area is 120 Å². The Morgan fingerprint density at radius 1 is 1.05 bits per heavy atom. The van der Waals surface area contributed by atoms with Crippen LogP contribution in [0.4, 0.5) is 0 Å². The molecule has 0 radical (unpaired) electrons. The van der Waals surface area contributed by atoms with Gasteiger partial charge in [0.25, 0.3) is 0 Å². The van der Waals surface area contributed by atoms with Crippen LogP contribution in [-0.4, -0.2) is 23.0 Å². The summed E-state index contributed by atoms with van der Waals surface area (Å²) in [6.45, 7) is 5.11. The van der Waals surface area contributed by atoms with Crippen molar-refractivity contribution in [2.24, 2.45) is 0 Å². The van der Waals surface area contributed by atoms with Crippen molar-refractivity contribution in [2.45, 2.75) is 39.5 Å². The van der Waals surface area contributed by atoms with Crippen molar-refractivity contribution in [3.8, 4) is 11.5 Å². The second-order valence-corrected chi connectivity index (χ2v) is 6.15. The number of unbranched alkanes of at least 4 members (excludes halogenated alkanes) is 2. The first kappa shape index (κ1) is 17.0. The van der Waals surface area contributed by atoms with Crippen molar-refractivity contribution in [1.82, 2.24) is 0 Å². The van der Waals surface area contributed by atoms with E-state index in [4.69, 9.17) is 9.47 Å². The van der Waals surface area contributed by atoms with E-state index in [1.165, 1.54) is 6.07 Å². The molecule has 1 aromatic carbocycles. The SMILES string of the molecule is CCCCOc1ccc(P(=O)(O)O)c(OCCCC)c1. The third-order valence-corrected chi connectivity index (χ3v) is 3.76. The molecule has 5 nitrogen and oxygen atoms in total. The van der Waals surface area contributed by atoms with Crippen LogP contribution in [0.2, 0.25) is 0 Å². The Morgan fingerprint density at radius 3 is 2.20 bits per heavy atom. The van der Waals surface area contributed by atoms with Gasteiger partial charge >= 0.3 is 7.60 Å². The minimum atomic E-state index is -4.34. The van der Waals surface area contributed by atoms with Gasteiger partial charge in [-0.2, -0.15) is 0 Å². The first-order valence-electron chi connectivity index (χ1n) is 6.94. The molecule has 0 atom stereocenters. The molecule has 0 aliphatic carbocycles. The fourth-order valence-electron chi connectivity index (χ4n) is 1.60. The molecule has 0 spiro atoms. The molecule has 0 amide bonds. The van der Waals surface area contributed by atoms with Crippen molar-refractivity contribution in [3.63, 3.8) is 0 Å². The molecule has 0 aliphatic rings. The van der Waals surface area contributed by atoms with Crippen LogP contribution in [0.25, 0.3) is 0 Å². The number of rotatable bonds is 9. The van der Waals surface area contributed by atoms with Gasteiger partial charge in [0, 0.05) is 6.07 Å². The Morgan fingerprint density at radius 2 is 1.65 bits per heavy atom. The van der Waals surface area contributed by atoms with Crippen molar-refractivity contribution in [3.05, 3.63) is 18.2 Å². The van der Waals surface area contributed by atoms with Gasteiger partial charge in [0.05, 0.1) is 13.2 Å². The summed E-state index contributed by atoms with van der Waals surface area (Å²) >= 11 is 0. The minimum Gasteiger partial charge on any atom is -0.493 e. The molecule has 0 fully saturated rings. The van der Waals surface area contributed by atoms with Crippen LogP contribution in [0.1, 0.15) is 39.5 Å². The topological polar surface area (TPSA) is 76.0 Å². The maximum absolute atomic E-state index is 11.4. The highest BCUT2D eigenvalue weighted by molar-refractivity contribution is 7.60. The highest BCUT2D eigenvalue weighted by Crippen LogP contribution is 2.38. The summed E-state index contributed by atoms with van der Waals surface area (Å²) in [5.41, 5.74) is 0. The number of hydrogen-bond donors (Lipinski definition) is 2. The summed E-state index contributed by atoms with van der Waals surface area (Å²) < 4.78 is 22.4. The molecule has 0 aromatic heterocycles. The summed E-state index contributed by atoms with van der Waals surface area (Å²) in [6.07, 6.45) is 3.76. The molecule has 0 saturated heterocycles. The van der Waals surface area contributed by atoms with E-state index in [2.05, 4.69) is 6.92 Å². The Bertz CT molecular complexity index is 455. The van der Waals surface area contributed by atoms with Crippen LogP contribution < -0.4 is 14.8 Å². The first-order valence-corrected chi connectivity index (χ1v) is 8.56. The van der Waals surface area contributed by atoms with Crippen LogP contribution in [0.5, 0.6) is 11.5 Å². The molecule has 114 valence electrons. The predicted octanol–water partition coefficient (Wildman–Crippen LogP) is 2.85. The molecular formula is C14H23O5P. The zero-order chi connectivity index (χ0) is 15.0. The summed E-state index contributed by atoms with van der Waals surface area (Å²) in [5.74, 6) is 0.780. The van der Waals surface area contributed by atoms with Crippen molar-refractivity contribution in [1.29, 1.82) is 0 Å². The van der Waals surface area contributed by atoms with E-state index in [9.17, 15) is 14.4 Å². The number of hydrogen-bond acceptors (Lipinski definition) is 3. The van der Waals surface area contributed by atoms with E-state index in [-0.39, 0.29) is 11.1 Å². The second-order valence-electron chi connectivity index (χ2n) is 4.58. The van der Waals surface area contributed by atoms with Crippen LogP contribution in [-0.2, 0) is 4.57 Å². The largest absolute Gasteiger partial charge is 0.493 e. The second kappa shape index (κ2) is 8.30. The van der Waals surface area contributed by atoms with E-state index in [1.54, 1.807) is 12.1 Å². The highest BCUT2D eigenvalue weighted by Gasteiger charge is 2.23. The predicted molar refractivity (Wildman–Crippen MR) is 78.9 cm³/mol. The summed E-state index contributed by atoms with van der Waals surface area (Å²) in [7, 11) is -4.34. The normalized spacial score (nSPS) is 11.4. The lowest BCUT2D eigenvalue weighted by Crippen LogP contribution is -2.11. The number of ether oxygens (including phenoxy) is 2. The van der Waals surface area contributed by atoms with Gasteiger partial charge in [-0.15, -0.1) is 0 Å². The van der Waals surface area contributed by atoms with Gasteiger partial charge < -0.3 is 19.3 Å². The van der Waals surface area contributed by atoms with Crippen LogP contribution in [0, 0.1) is 0 Å². The minimum absolute atomic E-state index is 0.0866. The highest BCUT2D eigenvalue weighted by atomic mass is 31.2. The van der Waals surface area contributed by atoms with Crippen LogP contribution in [0.3, 0.4) is 0 Å². The van der Waals surface area contributed by atoms with E-state index < -0.39 is 7.60 Å². The molecule has 1 aromatic rings. The third-order valence-electron chi connectivity index (χ3n) is 2.77. The molecular weight excluding hydrogens is 279 g/mol. The van der Waals surface area contributed by atoms with Gasteiger partial charge in [0.2, 0.25) is 0 Å². The van der Waals surface area contributed by atoms with Crippen LogP contribution in [0.15, 0.2) is 18.2 Å².